The molecule has 0 bridgehead atoms. The Balaban J connectivity index is 1.19. The second kappa shape index (κ2) is 28.6. The van der Waals surface area contributed by atoms with Crippen LogP contribution in [0.25, 0.3) is 64.7 Å². The van der Waals surface area contributed by atoms with Crippen LogP contribution in [-0.2, 0) is 16.2 Å². The van der Waals surface area contributed by atoms with Gasteiger partial charge >= 0.3 is 0 Å². The Kier molecular flexibility index (Phi) is 20.2. The van der Waals surface area contributed by atoms with Crippen LogP contribution in [0, 0.1) is 0 Å². The molecular weight excluding hydrogens is 1170 g/mol. The Morgan fingerprint density at radius 3 is 0.789 bits per heavy atom. The highest BCUT2D eigenvalue weighted by Crippen LogP contribution is 2.72. The van der Waals surface area contributed by atoms with Gasteiger partial charge in [-0.3, -0.25) is 0 Å². The summed E-state index contributed by atoms with van der Waals surface area (Å²) < 4.78 is 38.8. The number of hydrogen-bond donors (Lipinski definition) is 0. The fourth-order valence-electron chi connectivity index (χ4n) is 17.5. The zero-order chi connectivity index (χ0) is 61.7. The first-order chi connectivity index (χ1) is 44.4. The van der Waals surface area contributed by atoms with Gasteiger partial charge < -0.3 is 28.4 Å². The maximum absolute atomic E-state index is 6.61. The molecule has 0 saturated heterocycles. The van der Waals surface area contributed by atoms with Gasteiger partial charge in [-0.1, -0.05) is 232 Å². The van der Waals surface area contributed by atoms with Gasteiger partial charge in [-0.05, 0) is 140 Å². The van der Waals surface area contributed by atoms with Crippen LogP contribution in [0.5, 0.6) is 34.5 Å². The van der Waals surface area contributed by atoms with Crippen LogP contribution >= 0.6 is 34.0 Å². The van der Waals surface area contributed by atoms with E-state index in [4.69, 9.17) is 28.4 Å². The zero-order valence-corrected chi connectivity index (χ0v) is 58.0. The number of benzene rings is 4. The molecule has 6 aliphatic rings. The van der Waals surface area contributed by atoms with E-state index in [0.717, 1.165) is 73.0 Å². The van der Waals surface area contributed by atoms with Crippen molar-refractivity contribution in [1.82, 2.24) is 0 Å². The molecule has 0 amide bonds. The number of thiophene rings is 3. The summed E-state index contributed by atoms with van der Waals surface area (Å²) in [4.78, 5) is 3.62. The lowest BCUT2D eigenvalue weighted by Crippen LogP contribution is -2.31. The molecule has 90 heavy (non-hydrogen) atoms. The maximum Gasteiger partial charge on any atom is 0.179 e. The minimum atomic E-state index is -0.228. The quantitative estimate of drug-likeness (QED) is 0.0382. The Labute approximate surface area is 552 Å². The highest BCUT2D eigenvalue weighted by Gasteiger charge is 2.58. The average Bonchev–Trinajstić information content (AvgIpc) is 1.48. The summed E-state index contributed by atoms with van der Waals surface area (Å²) >= 11 is 5.41. The van der Waals surface area contributed by atoms with E-state index in [0.29, 0.717) is 39.6 Å². The van der Waals surface area contributed by atoms with Gasteiger partial charge in [0.25, 0.3) is 0 Å². The molecule has 3 aliphatic carbocycles. The Morgan fingerprint density at radius 2 is 0.544 bits per heavy atom. The van der Waals surface area contributed by atoms with Crippen LogP contribution in [0.1, 0.15) is 268 Å². The van der Waals surface area contributed by atoms with Crippen LogP contribution in [0.2, 0.25) is 0 Å². The van der Waals surface area contributed by atoms with Crippen LogP contribution in [0.4, 0.5) is 0 Å². The third-order valence-electron chi connectivity index (χ3n) is 21.8. The molecule has 0 N–H and O–H groups in total. The molecule has 4 aromatic carbocycles. The number of rotatable bonds is 33. The van der Waals surface area contributed by atoms with Crippen molar-refractivity contribution in [3.05, 3.63) is 104 Å². The predicted octanol–water partition coefficient (Wildman–Crippen LogP) is 24.8. The highest BCUT2D eigenvalue weighted by atomic mass is 32.1. The third-order valence-corrected chi connectivity index (χ3v) is 24.7. The molecule has 0 atom stereocenters. The topological polar surface area (TPSA) is 55.4 Å². The Morgan fingerprint density at radius 1 is 0.300 bits per heavy atom. The van der Waals surface area contributed by atoms with Crippen LogP contribution in [0.15, 0.2) is 70.7 Å². The number of unbranched alkanes of at least 4 members (excludes halogenated alkanes) is 18. The minimum absolute atomic E-state index is 0.228. The number of hydrogen-bond acceptors (Lipinski definition) is 9. The summed E-state index contributed by atoms with van der Waals surface area (Å²) in [7, 11) is 0. The molecule has 3 aliphatic heterocycles. The number of ether oxygens (including phenoxy) is 6. The zero-order valence-electron chi connectivity index (χ0n) is 55.6. The van der Waals surface area contributed by atoms with Gasteiger partial charge in [0.15, 0.2) is 34.5 Å². The van der Waals surface area contributed by atoms with Crippen molar-refractivity contribution in [2.45, 2.75) is 250 Å². The van der Waals surface area contributed by atoms with Gasteiger partial charge in [-0.2, -0.15) is 0 Å². The molecule has 0 radical (unpaired) electrons. The minimum Gasteiger partial charge on any atom is -0.485 e. The van der Waals surface area contributed by atoms with E-state index >= 15 is 0 Å². The lowest BCUT2D eigenvalue weighted by Gasteiger charge is -2.40. The summed E-state index contributed by atoms with van der Waals surface area (Å²) in [6, 6.07) is 23.7. The van der Waals surface area contributed by atoms with Crippen molar-refractivity contribution >= 4 is 34.0 Å². The predicted molar refractivity (Wildman–Crippen MR) is 381 cm³/mol. The lowest BCUT2D eigenvalue weighted by atomic mass is 9.63. The summed E-state index contributed by atoms with van der Waals surface area (Å²) in [5.74, 6) is 5.48. The average molecular weight is 1270 g/mol. The summed E-state index contributed by atoms with van der Waals surface area (Å²) in [6.45, 7) is 17.9. The van der Waals surface area contributed by atoms with E-state index < -0.39 is 0 Å². The van der Waals surface area contributed by atoms with E-state index in [9.17, 15) is 0 Å². The van der Waals surface area contributed by atoms with Crippen molar-refractivity contribution < 1.29 is 28.4 Å². The van der Waals surface area contributed by atoms with E-state index in [2.05, 4.69) is 112 Å². The standard InChI is InChI=1S/C81H102O6S3/c1-7-13-19-25-37-79(38-26-20-14-8-2)61-49-55(76-73-64(52-88-76)82-43-46-85-73)31-34-58(61)67-70(79)68-59-35-32-56(77-74-65(53-89-77)83-44-47-86-74)50-62(59)80(39-27-21-15-9-3,40-28-22-16-10-4)72(68)69-60-36-33-57(78-75-66(54-90-78)84-45-48-87-75)51-63(60)81(71(67)69,41-29-23-17-11-5)42-30-24-18-12-6/h31-36,49-54H,7-30,37-48H2,1-6H3. The largest absolute Gasteiger partial charge is 0.485 e. The molecular formula is C81H102O6S3. The van der Waals surface area contributed by atoms with Crippen molar-refractivity contribution in [3.8, 4) is 99.2 Å². The number of fused-ring (bicyclic) bond motifs is 15. The fraction of sp³-hybridized carbons (Fsp3) is 0.556. The van der Waals surface area contributed by atoms with Crippen LogP contribution in [-0.4, -0.2) is 39.6 Å². The third kappa shape index (κ3) is 11.5. The van der Waals surface area contributed by atoms with Gasteiger partial charge in [0.1, 0.15) is 39.6 Å². The Bertz CT molecular complexity index is 3180. The normalized spacial score (nSPS) is 16.2. The fourth-order valence-corrected chi connectivity index (χ4v) is 20.3. The van der Waals surface area contributed by atoms with Crippen LogP contribution in [0.3, 0.4) is 0 Å². The molecule has 0 saturated carbocycles. The van der Waals surface area contributed by atoms with E-state index in [1.165, 1.54) is 202 Å². The van der Waals surface area contributed by atoms with Crippen LogP contribution < -0.4 is 28.4 Å². The molecule has 0 fully saturated rings. The highest BCUT2D eigenvalue weighted by molar-refractivity contribution is 7.15. The molecule has 7 aromatic rings. The van der Waals surface area contributed by atoms with E-state index in [1.54, 1.807) is 84.1 Å². The van der Waals surface area contributed by atoms with Crippen molar-refractivity contribution in [2.75, 3.05) is 39.6 Å². The molecule has 13 rings (SSSR count). The smallest absolute Gasteiger partial charge is 0.179 e. The van der Waals surface area contributed by atoms with Crippen molar-refractivity contribution in [1.29, 1.82) is 0 Å². The van der Waals surface area contributed by atoms with E-state index in [1.807, 2.05) is 0 Å². The maximum atomic E-state index is 6.61. The Hall–Kier alpha value is -5.22. The molecule has 480 valence electrons. The first-order valence-corrected chi connectivity index (χ1v) is 38.9. The first kappa shape index (κ1) is 63.5. The molecule has 0 unspecified atom stereocenters. The second-order valence-electron chi connectivity index (χ2n) is 27.5. The molecule has 0 spiro atoms. The first-order valence-electron chi connectivity index (χ1n) is 36.2. The van der Waals surface area contributed by atoms with Crippen molar-refractivity contribution in [2.24, 2.45) is 0 Å². The summed E-state index contributed by atoms with van der Waals surface area (Å²) in [6.07, 6.45) is 36.5. The lowest BCUT2D eigenvalue weighted by molar-refractivity contribution is 0.174. The molecule has 6 heterocycles. The molecule has 3 aromatic heterocycles. The van der Waals surface area contributed by atoms with Gasteiger partial charge in [-0.25, -0.2) is 0 Å². The molecule has 6 nitrogen and oxygen atoms in total. The second-order valence-corrected chi connectivity index (χ2v) is 30.1. The van der Waals surface area contributed by atoms with Gasteiger partial charge in [-0.15, -0.1) is 34.0 Å². The van der Waals surface area contributed by atoms with Gasteiger partial charge in [0, 0.05) is 32.4 Å². The van der Waals surface area contributed by atoms with Gasteiger partial charge in [0.05, 0.1) is 14.6 Å². The van der Waals surface area contributed by atoms with Crippen molar-refractivity contribution in [3.63, 3.8) is 0 Å². The van der Waals surface area contributed by atoms with Gasteiger partial charge in [0.2, 0.25) is 0 Å². The van der Waals surface area contributed by atoms with E-state index in [-0.39, 0.29) is 16.2 Å². The summed E-state index contributed by atoms with van der Waals surface area (Å²) in [5.41, 5.74) is 22.3. The SMILES string of the molecule is CCCCCCC1(CCCCCC)c2cc(-c3scc4c3OCCO4)ccc2-c2c1c1c(c3c2C(CCCCCC)(CCCCCC)c2cc(-c4scc5c4OCCO5)ccc2-3)C(CCCCCC)(CCCCCC)c2cc(-c3scc4c3OCCO4)ccc2-1. The molecule has 9 heteroatoms. The summed E-state index contributed by atoms with van der Waals surface area (Å²) in [5, 5.41) is 6.61. The monoisotopic (exact) mass is 1270 g/mol.